The lowest BCUT2D eigenvalue weighted by molar-refractivity contribution is -0.0439. The highest BCUT2D eigenvalue weighted by molar-refractivity contribution is 5.40. The molecule has 4 nitrogen and oxygen atoms in total. The predicted molar refractivity (Wildman–Crippen MR) is 187 cm³/mol. The van der Waals surface area contributed by atoms with Crippen molar-refractivity contribution in [2.45, 2.75) is 106 Å². The minimum atomic E-state index is -0.768. The minimum absolute atomic E-state index is 0.489. The summed E-state index contributed by atoms with van der Waals surface area (Å²) in [6.45, 7) is 20.2. The maximum atomic E-state index is 10.4. The molecule has 4 heteroatoms. The topological polar surface area (TPSA) is 80.9 Å². The summed E-state index contributed by atoms with van der Waals surface area (Å²) in [6.07, 6.45) is 26.9. The fourth-order valence-electron chi connectivity index (χ4n) is 5.93. The molecule has 0 fully saturated rings. The monoisotopic (exact) mass is 600 g/mol. The Balaban J connectivity index is 1.94. The Bertz CT molecular complexity index is 1260. The van der Waals surface area contributed by atoms with E-state index in [-0.39, 0.29) is 0 Å². The highest BCUT2D eigenvalue weighted by Crippen LogP contribution is 2.42. The number of hydrogen-bond donors (Lipinski definition) is 4. The SMILES string of the molecule is CC1=C(/C=C/C(C)=C/C=C/C(C)=C/C=C/C=C(C)/C=C/C=C(C)/C=C/C2=C(C)C[C@H](O)[C@@H](O)C2(C)C)C(C)(C)[C@H](O)[C@@H](O)C1. The molecule has 44 heavy (non-hydrogen) atoms. The molecule has 2 aliphatic carbocycles. The summed E-state index contributed by atoms with van der Waals surface area (Å²) in [7, 11) is 0. The molecule has 0 bridgehead atoms. The van der Waals surface area contributed by atoms with Crippen molar-refractivity contribution in [2.24, 2.45) is 10.8 Å². The zero-order valence-corrected chi connectivity index (χ0v) is 28.6. The lowest BCUT2D eigenvalue weighted by Crippen LogP contribution is -2.44. The summed E-state index contributed by atoms with van der Waals surface area (Å²) in [5.74, 6) is 0. The molecular weight excluding hydrogens is 544 g/mol. The molecule has 0 unspecified atom stereocenters. The summed E-state index contributed by atoms with van der Waals surface area (Å²) >= 11 is 0. The van der Waals surface area contributed by atoms with Crippen LogP contribution in [0.3, 0.4) is 0 Å². The first kappa shape index (κ1) is 37.2. The number of aliphatic hydroxyl groups excluding tert-OH is 4. The molecule has 0 aromatic heterocycles. The van der Waals surface area contributed by atoms with Crippen molar-refractivity contribution in [3.05, 3.63) is 130 Å². The van der Waals surface area contributed by atoms with Crippen molar-refractivity contribution in [2.75, 3.05) is 0 Å². The van der Waals surface area contributed by atoms with E-state index in [2.05, 4.69) is 88.5 Å². The summed E-state index contributed by atoms with van der Waals surface area (Å²) in [6, 6.07) is 0. The first-order valence-corrected chi connectivity index (χ1v) is 15.7. The minimum Gasteiger partial charge on any atom is -0.390 e. The van der Waals surface area contributed by atoms with E-state index in [1.165, 1.54) is 0 Å². The van der Waals surface area contributed by atoms with Crippen LogP contribution in [0.15, 0.2) is 130 Å². The molecule has 0 aliphatic heterocycles. The van der Waals surface area contributed by atoms with E-state index >= 15 is 0 Å². The van der Waals surface area contributed by atoms with Gasteiger partial charge < -0.3 is 20.4 Å². The summed E-state index contributed by atoms with van der Waals surface area (Å²) in [4.78, 5) is 0. The van der Waals surface area contributed by atoms with Crippen molar-refractivity contribution >= 4 is 0 Å². The van der Waals surface area contributed by atoms with Crippen LogP contribution in [0.25, 0.3) is 0 Å². The molecule has 0 saturated heterocycles. The third-order valence-electron chi connectivity index (χ3n) is 8.84. The maximum Gasteiger partial charge on any atom is 0.0893 e. The smallest absolute Gasteiger partial charge is 0.0893 e. The Morgan fingerprint density at radius 1 is 0.523 bits per heavy atom. The molecular formula is C40H56O4. The van der Waals surface area contributed by atoms with Gasteiger partial charge in [-0.15, -0.1) is 0 Å². The average molecular weight is 601 g/mol. The fourth-order valence-corrected chi connectivity index (χ4v) is 5.93. The van der Waals surface area contributed by atoms with E-state index in [0.29, 0.717) is 12.8 Å². The molecule has 0 amide bonds. The van der Waals surface area contributed by atoms with Gasteiger partial charge in [0.2, 0.25) is 0 Å². The molecule has 0 heterocycles. The van der Waals surface area contributed by atoms with Gasteiger partial charge in [0.05, 0.1) is 24.4 Å². The second-order valence-corrected chi connectivity index (χ2v) is 13.7. The first-order chi connectivity index (χ1) is 20.5. The van der Waals surface area contributed by atoms with Crippen LogP contribution in [0, 0.1) is 10.8 Å². The molecule has 4 atom stereocenters. The lowest BCUT2D eigenvalue weighted by atomic mass is 9.69. The average Bonchev–Trinajstić information content (AvgIpc) is 2.92. The molecule has 0 radical (unpaired) electrons. The van der Waals surface area contributed by atoms with Crippen molar-refractivity contribution in [3.63, 3.8) is 0 Å². The third-order valence-corrected chi connectivity index (χ3v) is 8.84. The Morgan fingerprint density at radius 2 is 0.818 bits per heavy atom. The molecule has 2 rings (SSSR count). The molecule has 4 N–H and O–H groups in total. The van der Waals surface area contributed by atoms with Gasteiger partial charge in [0, 0.05) is 10.8 Å². The highest BCUT2D eigenvalue weighted by atomic mass is 16.3. The molecule has 0 aromatic carbocycles. The van der Waals surface area contributed by atoms with E-state index < -0.39 is 35.2 Å². The standard InChI is InChI=1S/C40H56O4/c1-27(17-13-19-29(3)21-23-33-31(5)25-35(41)37(43)39(33,7)8)15-11-12-16-28(2)18-14-20-30(4)22-24-34-32(6)26-36(42)38(44)40(34,9)10/h11-24,35-38,41-44H,25-26H2,1-10H3/b12-11+,17-13+,18-14+,23-21+,24-22+,27-15+,28-16+,29-19+,30-20+/t35-,36-,37+,38+/m0/s1. The molecule has 240 valence electrons. The summed E-state index contributed by atoms with van der Waals surface area (Å²) < 4.78 is 0. The van der Waals surface area contributed by atoms with Gasteiger partial charge >= 0.3 is 0 Å². The maximum absolute atomic E-state index is 10.4. The van der Waals surface area contributed by atoms with Gasteiger partial charge in [0.25, 0.3) is 0 Å². The van der Waals surface area contributed by atoms with Crippen LogP contribution >= 0.6 is 0 Å². The van der Waals surface area contributed by atoms with E-state index in [4.69, 9.17) is 0 Å². The number of hydrogen-bond acceptors (Lipinski definition) is 4. The third kappa shape index (κ3) is 10.3. The van der Waals surface area contributed by atoms with Crippen LogP contribution in [0.1, 0.15) is 82.1 Å². The van der Waals surface area contributed by atoms with Crippen molar-refractivity contribution < 1.29 is 20.4 Å². The van der Waals surface area contributed by atoms with Gasteiger partial charge in [-0.3, -0.25) is 0 Å². The number of allylic oxidation sites excluding steroid dienone is 18. The number of aliphatic hydroxyl groups is 4. The van der Waals surface area contributed by atoms with Gasteiger partial charge in [0.15, 0.2) is 0 Å². The summed E-state index contributed by atoms with van der Waals surface area (Å²) in [5.41, 5.74) is 7.93. The zero-order chi connectivity index (χ0) is 33.2. The Kier molecular flexibility index (Phi) is 13.8. The van der Waals surface area contributed by atoms with Crippen LogP contribution < -0.4 is 0 Å². The first-order valence-electron chi connectivity index (χ1n) is 15.7. The van der Waals surface area contributed by atoms with E-state index in [0.717, 1.165) is 44.6 Å². The van der Waals surface area contributed by atoms with Gasteiger partial charge in [-0.25, -0.2) is 0 Å². The van der Waals surface area contributed by atoms with Crippen molar-refractivity contribution in [1.29, 1.82) is 0 Å². The Morgan fingerprint density at radius 3 is 1.16 bits per heavy atom. The molecule has 0 saturated carbocycles. The van der Waals surface area contributed by atoms with Crippen LogP contribution in [0.5, 0.6) is 0 Å². The largest absolute Gasteiger partial charge is 0.390 e. The van der Waals surface area contributed by atoms with Crippen LogP contribution in [0.4, 0.5) is 0 Å². The Hall–Kier alpha value is -3.02. The van der Waals surface area contributed by atoms with Crippen molar-refractivity contribution in [3.8, 4) is 0 Å². The fraction of sp³-hybridized carbons (Fsp3) is 0.450. The molecule has 2 aliphatic rings. The molecule has 0 spiro atoms. The van der Waals surface area contributed by atoms with E-state index in [1.54, 1.807) is 0 Å². The van der Waals surface area contributed by atoms with Gasteiger partial charge in [-0.2, -0.15) is 0 Å². The zero-order valence-electron chi connectivity index (χ0n) is 28.6. The van der Waals surface area contributed by atoms with E-state index in [9.17, 15) is 20.4 Å². The quantitative estimate of drug-likeness (QED) is 0.190. The van der Waals surface area contributed by atoms with E-state index in [1.807, 2.05) is 65.8 Å². The van der Waals surface area contributed by atoms with Crippen molar-refractivity contribution in [1.82, 2.24) is 0 Å². The predicted octanol–water partition coefficient (Wildman–Crippen LogP) is 8.49. The van der Waals surface area contributed by atoms with Crippen LogP contribution in [-0.2, 0) is 0 Å². The Labute approximate surface area is 267 Å². The summed E-state index contributed by atoms with van der Waals surface area (Å²) in [5, 5.41) is 41.1. The normalized spacial score (nSPS) is 27.9. The second kappa shape index (κ2) is 16.3. The van der Waals surface area contributed by atoms with Gasteiger partial charge in [-0.1, -0.05) is 146 Å². The highest BCUT2D eigenvalue weighted by Gasteiger charge is 2.41. The van der Waals surface area contributed by atoms with Crippen LogP contribution in [-0.4, -0.2) is 44.8 Å². The van der Waals surface area contributed by atoms with Gasteiger partial charge in [-0.05, 0) is 65.5 Å². The van der Waals surface area contributed by atoms with Crippen LogP contribution in [0.2, 0.25) is 0 Å². The number of rotatable bonds is 10. The second-order valence-electron chi connectivity index (χ2n) is 13.7. The molecule has 0 aromatic rings. The lowest BCUT2D eigenvalue weighted by Gasteiger charge is -2.40. The van der Waals surface area contributed by atoms with Gasteiger partial charge in [0.1, 0.15) is 0 Å².